The molecule has 0 saturated heterocycles. The summed E-state index contributed by atoms with van der Waals surface area (Å²) in [4.78, 5) is 0. The van der Waals surface area contributed by atoms with Gasteiger partial charge in [0.25, 0.3) is 0 Å². The SMILES string of the molecule is C(=CC=C(c1ccccc1)c1ccccc1)C=Cc1ccccc1. The Balaban J connectivity index is 1.82. The Kier molecular flexibility index (Phi) is 5.58. The third-order valence-electron chi connectivity index (χ3n) is 3.74. The molecule has 0 aliphatic carbocycles. The minimum atomic E-state index is 1.21. The Morgan fingerprint density at radius 1 is 0.500 bits per heavy atom. The zero-order valence-electron chi connectivity index (χ0n) is 13.5. The Morgan fingerprint density at radius 3 is 1.54 bits per heavy atom. The first kappa shape index (κ1) is 15.8. The van der Waals surface area contributed by atoms with E-state index in [9.17, 15) is 0 Å². The summed E-state index contributed by atoms with van der Waals surface area (Å²) in [6, 6.07) is 31.3. The average molecular weight is 308 g/mol. The van der Waals surface area contributed by atoms with E-state index in [1.807, 2.05) is 30.3 Å². The van der Waals surface area contributed by atoms with Gasteiger partial charge in [0.05, 0.1) is 0 Å². The monoisotopic (exact) mass is 308 g/mol. The minimum absolute atomic E-state index is 1.21. The molecule has 0 heteroatoms. The van der Waals surface area contributed by atoms with Gasteiger partial charge in [0, 0.05) is 0 Å². The van der Waals surface area contributed by atoms with Crippen LogP contribution in [-0.4, -0.2) is 0 Å². The van der Waals surface area contributed by atoms with Crippen molar-refractivity contribution < 1.29 is 0 Å². The highest BCUT2D eigenvalue weighted by molar-refractivity contribution is 5.80. The lowest BCUT2D eigenvalue weighted by Gasteiger charge is -2.07. The highest BCUT2D eigenvalue weighted by Crippen LogP contribution is 2.23. The molecule has 0 N–H and O–H groups in total. The Morgan fingerprint density at radius 2 is 1.00 bits per heavy atom. The number of hydrogen-bond acceptors (Lipinski definition) is 0. The van der Waals surface area contributed by atoms with Crippen LogP contribution in [0.15, 0.2) is 115 Å². The number of allylic oxidation sites excluding steroid dienone is 4. The first-order valence-corrected chi connectivity index (χ1v) is 8.14. The van der Waals surface area contributed by atoms with Crippen LogP contribution >= 0.6 is 0 Å². The molecule has 0 aliphatic rings. The molecule has 0 bridgehead atoms. The van der Waals surface area contributed by atoms with Crippen molar-refractivity contribution in [2.24, 2.45) is 0 Å². The lowest BCUT2D eigenvalue weighted by atomic mass is 9.97. The van der Waals surface area contributed by atoms with Crippen LogP contribution < -0.4 is 0 Å². The van der Waals surface area contributed by atoms with E-state index in [1.165, 1.54) is 22.3 Å². The number of rotatable bonds is 5. The molecule has 0 spiro atoms. The minimum Gasteiger partial charge on any atom is -0.0622 e. The first-order valence-electron chi connectivity index (χ1n) is 8.14. The molecule has 3 aromatic rings. The van der Waals surface area contributed by atoms with Crippen molar-refractivity contribution in [2.75, 3.05) is 0 Å². The molecule has 116 valence electrons. The summed E-state index contributed by atoms with van der Waals surface area (Å²) in [5.74, 6) is 0. The van der Waals surface area contributed by atoms with Crippen molar-refractivity contribution in [3.05, 3.63) is 132 Å². The maximum atomic E-state index is 2.17. The van der Waals surface area contributed by atoms with Gasteiger partial charge in [-0.3, -0.25) is 0 Å². The standard InChI is InChI=1S/C24H20/c1-5-13-21(14-6-1)15-7-2-12-20-24(22-16-8-3-9-17-22)23-18-10-4-11-19-23/h1-20H. The normalized spacial score (nSPS) is 11.0. The van der Waals surface area contributed by atoms with E-state index in [0.717, 1.165) is 0 Å². The van der Waals surface area contributed by atoms with Crippen LogP contribution in [0.3, 0.4) is 0 Å². The molecule has 0 aromatic heterocycles. The highest BCUT2D eigenvalue weighted by Gasteiger charge is 2.02. The van der Waals surface area contributed by atoms with Gasteiger partial charge >= 0.3 is 0 Å². The Bertz CT molecular complexity index is 781. The van der Waals surface area contributed by atoms with Gasteiger partial charge in [0.2, 0.25) is 0 Å². The molecule has 0 saturated carbocycles. The van der Waals surface area contributed by atoms with E-state index >= 15 is 0 Å². The molecular formula is C24H20. The van der Waals surface area contributed by atoms with Crippen LogP contribution in [0.5, 0.6) is 0 Å². The van der Waals surface area contributed by atoms with E-state index in [1.54, 1.807) is 0 Å². The second-order valence-electron chi connectivity index (χ2n) is 5.47. The molecule has 0 atom stereocenters. The number of benzene rings is 3. The van der Waals surface area contributed by atoms with Crippen LogP contribution in [0.4, 0.5) is 0 Å². The molecule has 0 aliphatic heterocycles. The molecule has 24 heavy (non-hydrogen) atoms. The molecule has 0 amide bonds. The van der Waals surface area contributed by atoms with Gasteiger partial charge in [0.15, 0.2) is 0 Å². The first-order chi connectivity index (χ1) is 11.9. The summed E-state index contributed by atoms with van der Waals surface area (Å²) < 4.78 is 0. The van der Waals surface area contributed by atoms with E-state index < -0.39 is 0 Å². The fourth-order valence-corrected chi connectivity index (χ4v) is 2.54. The van der Waals surface area contributed by atoms with Crippen LogP contribution in [0.2, 0.25) is 0 Å². The molecule has 0 nitrogen and oxygen atoms in total. The van der Waals surface area contributed by atoms with Crippen molar-refractivity contribution in [3.8, 4) is 0 Å². The van der Waals surface area contributed by atoms with Gasteiger partial charge in [-0.1, -0.05) is 121 Å². The average Bonchev–Trinajstić information content (AvgIpc) is 2.67. The molecule has 0 heterocycles. The van der Waals surface area contributed by atoms with E-state index in [4.69, 9.17) is 0 Å². The summed E-state index contributed by atoms with van der Waals surface area (Å²) in [6.07, 6.45) is 10.5. The third kappa shape index (κ3) is 4.44. The lowest BCUT2D eigenvalue weighted by Crippen LogP contribution is -1.86. The van der Waals surface area contributed by atoms with Crippen LogP contribution in [0, 0.1) is 0 Å². The van der Waals surface area contributed by atoms with Gasteiger partial charge in [-0.05, 0) is 22.3 Å². The van der Waals surface area contributed by atoms with Gasteiger partial charge in [0.1, 0.15) is 0 Å². The summed E-state index contributed by atoms with van der Waals surface area (Å²) in [6.45, 7) is 0. The van der Waals surface area contributed by atoms with Gasteiger partial charge in [-0.15, -0.1) is 0 Å². The van der Waals surface area contributed by atoms with E-state index in [-0.39, 0.29) is 0 Å². The highest BCUT2D eigenvalue weighted by atomic mass is 14.1. The molecule has 0 unspecified atom stereocenters. The topological polar surface area (TPSA) is 0 Å². The van der Waals surface area contributed by atoms with Gasteiger partial charge in [-0.2, -0.15) is 0 Å². The maximum absolute atomic E-state index is 2.17. The van der Waals surface area contributed by atoms with Crippen molar-refractivity contribution >= 4 is 11.6 Å². The molecule has 3 aromatic carbocycles. The fourth-order valence-electron chi connectivity index (χ4n) is 2.54. The van der Waals surface area contributed by atoms with Crippen LogP contribution in [-0.2, 0) is 0 Å². The maximum Gasteiger partial charge on any atom is -0.0111 e. The Labute approximate surface area is 144 Å². The number of hydrogen-bond donors (Lipinski definition) is 0. The quantitative estimate of drug-likeness (QED) is 0.479. The lowest BCUT2D eigenvalue weighted by molar-refractivity contribution is 1.55. The molecular weight excluding hydrogens is 288 g/mol. The largest absolute Gasteiger partial charge is 0.0622 e. The molecule has 0 fully saturated rings. The van der Waals surface area contributed by atoms with E-state index in [2.05, 4.69) is 91.0 Å². The third-order valence-corrected chi connectivity index (χ3v) is 3.74. The van der Waals surface area contributed by atoms with Crippen LogP contribution in [0.1, 0.15) is 16.7 Å². The van der Waals surface area contributed by atoms with Crippen molar-refractivity contribution in [1.29, 1.82) is 0 Å². The Hall–Kier alpha value is -3.12. The van der Waals surface area contributed by atoms with Crippen LogP contribution in [0.25, 0.3) is 11.6 Å². The second kappa shape index (κ2) is 8.50. The predicted octanol–water partition coefficient (Wildman–Crippen LogP) is 6.39. The smallest absolute Gasteiger partial charge is 0.0111 e. The summed E-state index contributed by atoms with van der Waals surface area (Å²) >= 11 is 0. The second-order valence-corrected chi connectivity index (χ2v) is 5.47. The van der Waals surface area contributed by atoms with Gasteiger partial charge in [-0.25, -0.2) is 0 Å². The summed E-state index contributed by atoms with van der Waals surface area (Å²) in [5, 5.41) is 0. The van der Waals surface area contributed by atoms with Crippen molar-refractivity contribution in [2.45, 2.75) is 0 Å². The molecule has 3 rings (SSSR count). The molecule has 0 radical (unpaired) electrons. The zero-order chi connectivity index (χ0) is 16.5. The fraction of sp³-hybridized carbons (Fsp3) is 0. The van der Waals surface area contributed by atoms with Gasteiger partial charge < -0.3 is 0 Å². The summed E-state index contributed by atoms with van der Waals surface area (Å²) in [7, 11) is 0. The van der Waals surface area contributed by atoms with Crippen molar-refractivity contribution in [1.82, 2.24) is 0 Å². The predicted molar refractivity (Wildman–Crippen MR) is 105 cm³/mol. The summed E-state index contributed by atoms with van der Waals surface area (Å²) in [5.41, 5.74) is 4.87. The zero-order valence-corrected chi connectivity index (χ0v) is 13.5. The van der Waals surface area contributed by atoms with E-state index in [0.29, 0.717) is 0 Å². The van der Waals surface area contributed by atoms with Crippen molar-refractivity contribution in [3.63, 3.8) is 0 Å².